The number of carbonyl (C=O) groups is 1. The molecule has 84 valence electrons. The fraction of sp³-hybridized carbons (Fsp3) is 0.636. The Hall–Kier alpha value is -1.32. The summed E-state index contributed by atoms with van der Waals surface area (Å²) >= 11 is 0. The minimum atomic E-state index is -0.221. The molecule has 1 rings (SSSR count). The summed E-state index contributed by atoms with van der Waals surface area (Å²) in [5.41, 5.74) is 0. The third-order valence-electron chi connectivity index (χ3n) is 2.74. The Morgan fingerprint density at radius 2 is 2.27 bits per heavy atom. The van der Waals surface area contributed by atoms with Crippen molar-refractivity contribution in [2.75, 3.05) is 7.11 Å². The molecule has 0 fully saturated rings. The molecule has 1 aromatic rings. The van der Waals surface area contributed by atoms with E-state index in [1.54, 1.807) is 0 Å². The van der Waals surface area contributed by atoms with E-state index in [1.165, 1.54) is 7.11 Å². The number of esters is 1. The number of methoxy groups -OCH3 is 1. The first kappa shape index (κ1) is 11.8. The standard InChI is InChI=1S/C11H19N2O2/c1-5-9(2)10(11(14)15-4)13-7-6-12(3)8-13/h6-10H,5H2,1-4H3/q+1. The number of ether oxygens (including phenoxy) is 1. The van der Waals surface area contributed by atoms with Crippen LogP contribution in [0.15, 0.2) is 18.7 Å². The fourth-order valence-electron chi connectivity index (χ4n) is 1.63. The maximum atomic E-state index is 11.7. The van der Waals surface area contributed by atoms with Gasteiger partial charge in [-0.05, 0) is 6.42 Å². The lowest BCUT2D eigenvalue weighted by Crippen LogP contribution is -2.29. The Labute approximate surface area is 90.5 Å². The average molecular weight is 211 g/mol. The van der Waals surface area contributed by atoms with Crippen molar-refractivity contribution < 1.29 is 14.1 Å². The maximum Gasteiger partial charge on any atom is 0.351 e. The van der Waals surface area contributed by atoms with Crippen molar-refractivity contribution in [1.29, 1.82) is 0 Å². The van der Waals surface area contributed by atoms with Gasteiger partial charge in [0.2, 0.25) is 6.33 Å². The van der Waals surface area contributed by atoms with Crippen LogP contribution in [0.3, 0.4) is 0 Å². The summed E-state index contributed by atoms with van der Waals surface area (Å²) in [4.78, 5) is 11.7. The highest BCUT2D eigenvalue weighted by Crippen LogP contribution is 2.21. The van der Waals surface area contributed by atoms with Crippen molar-refractivity contribution in [3.63, 3.8) is 0 Å². The summed E-state index contributed by atoms with van der Waals surface area (Å²) in [7, 11) is 3.36. The quantitative estimate of drug-likeness (QED) is 0.551. The van der Waals surface area contributed by atoms with Crippen molar-refractivity contribution >= 4 is 5.97 Å². The van der Waals surface area contributed by atoms with E-state index in [9.17, 15) is 4.79 Å². The van der Waals surface area contributed by atoms with Gasteiger partial charge in [-0.25, -0.2) is 13.9 Å². The Bertz CT molecular complexity index is 333. The van der Waals surface area contributed by atoms with Gasteiger partial charge in [-0.15, -0.1) is 0 Å². The van der Waals surface area contributed by atoms with Crippen molar-refractivity contribution in [2.45, 2.75) is 26.3 Å². The average Bonchev–Trinajstić information content (AvgIpc) is 2.64. The largest absolute Gasteiger partial charge is 0.466 e. The zero-order chi connectivity index (χ0) is 11.4. The van der Waals surface area contributed by atoms with Crippen LogP contribution in [-0.4, -0.2) is 17.6 Å². The van der Waals surface area contributed by atoms with Crippen LogP contribution in [0.5, 0.6) is 0 Å². The Morgan fingerprint density at radius 3 is 2.67 bits per heavy atom. The van der Waals surface area contributed by atoms with Crippen LogP contribution in [0.4, 0.5) is 0 Å². The highest BCUT2D eigenvalue weighted by Gasteiger charge is 2.30. The molecule has 0 aliphatic rings. The van der Waals surface area contributed by atoms with Crippen LogP contribution >= 0.6 is 0 Å². The number of hydrogen-bond donors (Lipinski definition) is 0. The third-order valence-corrected chi connectivity index (χ3v) is 2.74. The number of hydrogen-bond acceptors (Lipinski definition) is 2. The van der Waals surface area contributed by atoms with Crippen LogP contribution in [0.1, 0.15) is 26.3 Å². The molecule has 4 nitrogen and oxygen atoms in total. The molecule has 1 aromatic heterocycles. The molecule has 0 aliphatic carbocycles. The van der Waals surface area contributed by atoms with Crippen LogP contribution < -0.4 is 4.57 Å². The first-order chi connectivity index (χ1) is 7.10. The third kappa shape index (κ3) is 2.58. The fourth-order valence-corrected chi connectivity index (χ4v) is 1.63. The zero-order valence-corrected chi connectivity index (χ0v) is 9.80. The first-order valence-corrected chi connectivity index (χ1v) is 5.20. The molecule has 0 amide bonds. The van der Waals surface area contributed by atoms with Crippen LogP contribution in [-0.2, 0) is 16.6 Å². The van der Waals surface area contributed by atoms with Gasteiger partial charge < -0.3 is 4.74 Å². The lowest BCUT2D eigenvalue weighted by Gasteiger charge is -2.17. The van der Waals surface area contributed by atoms with Gasteiger partial charge >= 0.3 is 5.97 Å². The van der Waals surface area contributed by atoms with Gasteiger partial charge in [0.1, 0.15) is 12.4 Å². The Morgan fingerprint density at radius 1 is 1.60 bits per heavy atom. The first-order valence-electron chi connectivity index (χ1n) is 5.20. The van der Waals surface area contributed by atoms with E-state index in [0.717, 1.165) is 6.42 Å². The molecule has 0 spiro atoms. The molecule has 0 saturated carbocycles. The van der Waals surface area contributed by atoms with Gasteiger partial charge in [0.15, 0.2) is 6.04 Å². The SMILES string of the molecule is CCC(C)C(C(=O)OC)n1cc[n+](C)c1. The molecule has 0 aromatic carbocycles. The van der Waals surface area contributed by atoms with E-state index in [1.807, 2.05) is 34.9 Å². The van der Waals surface area contributed by atoms with Gasteiger partial charge in [-0.1, -0.05) is 13.8 Å². The van der Waals surface area contributed by atoms with Crippen LogP contribution in [0.2, 0.25) is 0 Å². The molecule has 0 bridgehead atoms. The number of carbonyl (C=O) groups excluding carboxylic acids is 1. The predicted molar refractivity (Wildman–Crippen MR) is 56.1 cm³/mol. The second-order valence-electron chi connectivity index (χ2n) is 3.88. The molecule has 0 aliphatic heterocycles. The van der Waals surface area contributed by atoms with Crippen molar-refractivity contribution in [2.24, 2.45) is 13.0 Å². The molecular formula is C11H19N2O2+. The second-order valence-corrected chi connectivity index (χ2v) is 3.88. The topological polar surface area (TPSA) is 35.1 Å². The van der Waals surface area contributed by atoms with Gasteiger partial charge in [-0.3, -0.25) is 0 Å². The van der Waals surface area contributed by atoms with Gasteiger partial charge in [0.05, 0.1) is 14.2 Å². The zero-order valence-electron chi connectivity index (χ0n) is 9.80. The van der Waals surface area contributed by atoms with E-state index in [0.29, 0.717) is 0 Å². The molecule has 0 saturated heterocycles. The Kier molecular flexibility index (Phi) is 3.88. The van der Waals surface area contributed by atoms with Gasteiger partial charge in [0, 0.05) is 5.92 Å². The summed E-state index contributed by atoms with van der Waals surface area (Å²) in [5, 5.41) is 0. The van der Waals surface area contributed by atoms with Gasteiger partial charge in [-0.2, -0.15) is 0 Å². The number of aryl methyl sites for hydroxylation is 1. The summed E-state index contributed by atoms with van der Waals surface area (Å²) in [6, 6.07) is -0.221. The summed E-state index contributed by atoms with van der Waals surface area (Å²) < 4.78 is 8.65. The van der Waals surface area contributed by atoms with E-state index < -0.39 is 0 Å². The molecule has 1 heterocycles. The normalized spacial score (nSPS) is 14.7. The monoisotopic (exact) mass is 211 g/mol. The number of rotatable bonds is 4. The second kappa shape index (κ2) is 4.96. The summed E-state index contributed by atoms with van der Waals surface area (Å²) in [5.74, 6) is 0.0883. The highest BCUT2D eigenvalue weighted by molar-refractivity contribution is 5.74. The van der Waals surface area contributed by atoms with Crippen LogP contribution in [0, 0.1) is 5.92 Å². The predicted octanol–water partition coefficient (Wildman–Crippen LogP) is 1.07. The number of nitrogens with zero attached hydrogens (tertiary/aromatic N) is 2. The minimum absolute atomic E-state index is 0.180. The number of imidazole rings is 1. The van der Waals surface area contributed by atoms with E-state index in [4.69, 9.17) is 4.74 Å². The maximum absolute atomic E-state index is 11.7. The lowest BCUT2D eigenvalue weighted by atomic mass is 9.99. The van der Waals surface area contributed by atoms with E-state index >= 15 is 0 Å². The van der Waals surface area contributed by atoms with Gasteiger partial charge in [0.25, 0.3) is 0 Å². The van der Waals surface area contributed by atoms with Crippen molar-refractivity contribution in [3.05, 3.63) is 18.7 Å². The van der Waals surface area contributed by atoms with Crippen LogP contribution in [0.25, 0.3) is 0 Å². The minimum Gasteiger partial charge on any atom is -0.466 e. The number of aromatic nitrogens is 2. The molecule has 2 atom stereocenters. The molecular weight excluding hydrogens is 192 g/mol. The van der Waals surface area contributed by atoms with Crippen molar-refractivity contribution in [3.8, 4) is 0 Å². The van der Waals surface area contributed by atoms with E-state index in [2.05, 4.69) is 13.8 Å². The molecule has 4 heteroatoms. The van der Waals surface area contributed by atoms with Crippen molar-refractivity contribution in [1.82, 2.24) is 4.57 Å². The summed E-state index contributed by atoms with van der Waals surface area (Å²) in [6.45, 7) is 4.13. The van der Waals surface area contributed by atoms with E-state index in [-0.39, 0.29) is 17.9 Å². The molecule has 0 N–H and O–H groups in total. The molecule has 15 heavy (non-hydrogen) atoms. The molecule has 2 unspecified atom stereocenters. The highest BCUT2D eigenvalue weighted by atomic mass is 16.5. The lowest BCUT2D eigenvalue weighted by molar-refractivity contribution is -0.671. The summed E-state index contributed by atoms with van der Waals surface area (Å²) in [6.07, 6.45) is 6.65. The molecule has 0 radical (unpaired) electrons. The Balaban J connectivity index is 2.95. The smallest absolute Gasteiger partial charge is 0.351 e.